The second-order valence-electron chi connectivity index (χ2n) is 35.2. The molecular formula is C106H114Cl12N12O18. The molecule has 4 atom stereocenters. The minimum Gasteiger partial charge on any atom is -0.502 e. The Balaban J connectivity index is 0.000000217. The van der Waals surface area contributed by atoms with Gasteiger partial charge in [-0.1, -0.05) is 196 Å². The quantitative estimate of drug-likeness (QED) is 0.0167. The van der Waals surface area contributed by atoms with E-state index in [1.54, 1.807) is 61.6 Å². The van der Waals surface area contributed by atoms with Gasteiger partial charge in [-0.15, -0.1) is 0 Å². The third kappa shape index (κ3) is 36.0. The Morgan fingerprint density at radius 3 is 0.892 bits per heavy atom. The number of ether oxygens (including phenoxy) is 1. The third-order valence-electron chi connectivity index (χ3n) is 23.8. The summed E-state index contributed by atoms with van der Waals surface area (Å²) < 4.78 is 12.5. The van der Waals surface area contributed by atoms with Gasteiger partial charge in [0.15, 0.2) is 34.5 Å². The van der Waals surface area contributed by atoms with E-state index in [9.17, 15) is 83.1 Å². The number of rotatable bonds is 34. The normalized spacial score (nSPS) is 12.1. The van der Waals surface area contributed by atoms with Crippen molar-refractivity contribution in [3.63, 3.8) is 0 Å². The van der Waals surface area contributed by atoms with Crippen LogP contribution < -0.4 is 70.0 Å². The van der Waals surface area contributed by atoms with Crippen LogP contribution in [0.1, 0.15) is 181 Å². The predicted octanol–water partition coefficient (Wildman–Crippen LogP) is 19.8. The maximum absolute atomic E-state index is 12.5. The van der Waals surface area contributed by atoms with Crippen molar-refractivity contribution in [2.24, 2.45) is 54.1 Å². The molecule has 4 unspecified atom stereocenters. The molecule has 12 aromatic rings. The molecule has 0 spiro atoms. The summed E-state index contributed by atoms with van der Waals surface area (Å²) in [4.78, 5) is 144. The van der Waals surface area contributed by atoms with Crippen molar-refractivity contribution in [2.75, 3.05) is 20.2 Å². The van der Waals surface area contributed by atoms with Gasteiger partial charge in [0.05, 0.1) is 101 Å². The van der Waals surface area contributed by atoms with E-state index in [-0.39, 0.29) is 80.7 Å². The van der Waals surface area contributed by atoms with Gasteiger partial charge in [-0.3, -0.25) is 57.5 Å². The largest absolute Gasteiger partial charge is 0.502 e. The van der Waals surface area contributed by atoms with Gasteiger partial charge in [-0.05, 0) is 258 Å². The van der Waals surface area contributed by atoms with E-state index in [2.05, 4.69) is 31.9 Å². The smallest absolute Gasteiger partial charge is 0.293 e. The summed E-state index contributed by atoms with van der Waals surface area (Å²) in [5.41, 5.74) is 2.99. The molecule has 30 nitrogen and oxygen atoms in total. The predicted molar refractivity (Wildman–Crippen MR) is 587 cm³/mol. The minimum atomic E-state index is -0.605. The molecule has 0 radical (unpaired) electrons. The van der Waals surface area contributed by atoms with Gasteiger partial charge in [0.2, 0.25) is 0 Å². The van der Waals surface area contributed by atoms with Gasteiger partial charge in [0.25, 0.3) is 68.8 Å². The van der Waals surface area contributed by atoms with E-state index in [1.807, 2.05) is 88.4 Å². The minimum absolute atomic E-state index is 0.00767. The number of hydrogen-bond donors (Lipinski definition) is 11. The van der Waals surface area contributed by atoms with E-state index < -0.39 is 86.1 Å². The molecule has 1 fully saturated rings. The van der Waals surface area contributed by atoms with Crippen LogP contribution in [0.25, 0.3) is 0 Å². The SMILES string of the molecule is CC(C)C(CCc1ccc(Cl)c(Cl)c1)NC(=O)c1ccn(C)c(=O)c1O.CC(CCc1ccc(Cl)c(Cl)c1)NC(=O)c1ccn(C)c(=O)c1O.CCC(CCc1ccc(Cl)c(Cl)c1)NC(=O)c1ccn(C)c(=O)c1O.COc1c(C(=O)NCCCc2ccc(Cl)c(Cl)c2)ccn(C)c1=O.Cn1ccc(C(=O)NC(CCc2ccc(Cl)c(Cl)c2)C2CC2)c(O)c1=O.Cn1ccc(C(=O)NCCCc2ccc(Cl)c(Cl)c2)c(O)c1=O. The Labute approximate surface area is 914 Å². The fraction of sp³-hybridized carbons (Fsp3) is 0.321. The van der Waals surface area contributed by atoms with Crippen molar-refractivity contribution in [1.29, 1.82) is 0 Å². The lowest BCUT2D eigenvalue weighted by atomic mass is 9.96. The molecule has 6 heterocycles. The fourth-order valence-corrected chi connectivity index (χ4v) is 16.6. The molecule has 1 saturated carbocycles. The molecule has 148 heavy (non-hydrogen) atoms. The number of hydrogen-bond acceptors (Lipinski definition) is 18. The number of carbonyl (C=O) groups excluding carboxylic acids is 6. The third-order valence-corrected chi connectivity index (χ3v) is 28.3. The number of carbonyl (C=O) groups is 6. The van der Waals surface area contributed by atoms with Gasteiger partial charge in [0.1, 0.15) is 0 Å². The van der Waals surface area contributed by atoms with Gasteiger partial charge >= 0.3 is 0 Å². The molecular weight excluding hydrogens is 2150 g/mol. The number of pyridine rings is 6. The van der Waals surface area contributed by atoms with Gasteiger partial charge in [-0.25, -0.2) is 0 Å². The number of amides is 6. The molecule has 13 rings (SSSR count). The number of aromatic hydroxyl groups is 5. The summed E-state index contributed by atoms with van der Waals surface area (Å²) in [5, 5.41) is 72.4. The number of nitrogens with one attached hydrogen (secondary N) is 6. The van der Waals surface area contributed by atoms with Crippen LogP contribution in [0.5, 0.6) is 34.5 Å². The molecule has 1 aliphatic rings. The van der Waals surface area contributed by atoms with Crippen molar-refractivity contribution < 1.29 is 59.0 Å². The van der Waals surface area contributed by atoms with Crippen molar-refractivity contribution in [3.05, 3.63) is 372 Å². The average Bonchev–Trinajstić information content (AvgIpc) is 1.45. The van der Waals surface area contributed by atoms with Gasteiger partial charge in [-0.2, -0.15) is 0 Å². The standard InChI is InChI=1S/C19H20Cl2N2O3.C19H22Cl2N2O3.C18H20Cl2N2O3.2C17H18Cl2N2O3.C16H16Cl2N2O3/c1-23-9-8-13(17(24)19(23)26)18(25)22-16(12-4-5-12)7-3-11-2-6-14(20)15(21)10-11;1-11(2)16(7-5-12-4-6-14(20)15(21)10-12)22-18(25)13-8-9-23(3)19(26)17(13)24;1-3-12(6-4-11-5-7-14(19)15(20)10-11)21-17(24)13-8-9-22(2)18(25)16(13)23;1-10(3-4-11-5-6-13(18)14(19)9-11)20-16(23)12-7-8-21(2)17(24)15(12)22;1-21-9-7-12(15(24-2)17(21)23)16(22)20-8-3-4-11-5-6-13(18)14(19)10-11;1-20-8-6-11(14(21)16(20)23)15(22)19-7-2-3-10-4-5-12(17)13(18)9-10/h2,6,8-10,12,16,24H,3-5,7H2,1H3,(H,22,25);4,6,8-11,16,24H,5,7H2,1-3H3,(H,22,25);5,7-10,12,23H,3-4,6H2,1-2H3,(H,21,24);5-10,22H,3-4H2,1-2H3,(H,20,23);5-7,9-10H,3-4,8H2,1-2H3,(H,20,22);4-6,8-9,21H,2-3,7H2,1H3,(H,19,22). The Hall–Kier alpha value is -11.9. The molecule has 790 valence electrons. The zero-order valence-electron chi connectivity index (χ0n) is 82.6. The second kappa shape index (κ2) is 58.3. The maximum Gasteiger partial charge on any atom is 0.293 e. The number of aryl methyl sites for hydroxylation is 12. The number of benzene rings is 6. The van der Waals surface area contributed by atoms with E-state index >= 15 is 0 Å². The average molecular weight is 2270 g/mol. The summed E-state index contributed by atoms with van der Waals surface area (Å²) in [6, 6.07) is 41.1. The van der Waals surface area contributed by atoms with E-state index in [1.165, 1.54) is 137 Å². The van der Waals surface area contributed by atoms with Crippen LogP contribution >= 0.6 is 139 Å². The Bertz CT molecular complexity index is 7010. The van der Waals surface area contributed by atoms with Crippen LogP contribution in [-0.2, 0) is 80.8 Å². The van der Waals surface area contributed by atoms with Gasteiger partial charge < -0.3 is 89.6 Å². The lowest BCUT2D eigenvalue weighted by Gasteiger charge is -2.23. The summed E-state index contributed by atoms with van der Waals surface area (Å²) in [6.07, 6.45) is 20.2. The van der Waals surface area contributed by atoms with Gasteiger partial charge in [0, 0.05) is 117 Å². The first-order valence-electron chi connectivity index (χ1n) is 46.6. The number of aromatic nitrogens is 6. The topological polar surface area (TPSA) is 417 Å². The highest BCUT2D eigenvalue weighted by atomic mass is 35.5. The van der Waals surface area contributed by atoms with Crippen molar-refractivity contribution in [1.82, 2.24) is 59.3 Å². The van der Waals surface area contributed by atoms with Crippen LogP contribution in [0, 0.1) is 11.8 Å². The van der Waals surface area contributed by atoms with E-state index in [0.29, 0.717) is 118 Å². The molecule has 1 aliphatic carbocycles. The molecule has 11 N–H and O–H groups in total. The summed E-state index contributed by atoms with van der Waals surface area (Å²) in [7, 11) is 10.5. The maximum atomic E-state index is 12.5. The first-order valence-corrected chi connectivity index (χ1v) is 51.2. The Morgan fingerprint density at radius 2 is 0.588 bits per heavy atom. The molecule has 42 heteroatoms. The van der Waals surface area contributed by atoms with E-state index in [4.69, 9.17) is 144 Å². The molecule has 6 aromatic carbocycles. The highest BCUT2D eigenvalue weighted by molar-refractivity contribution is 6.44. The monoisotopic (exact) mass is 2260 g/mol. The first-order chi connectivity index (χ1) is 70.0. The zero-order valence-corrected chi connectivity index (χ0v) is 91.6. The number of methoxy groups -OCH3 is 1. The van der Waals surface area contributed by atoms with E-state index in [0.717, 1.165) is 91.2 Å². The van der Waals surface area contributed by atoms with Crippen molar-refractivity contribution in [2.45, 2.75) is 148 Å². The zero-order chi connectivity index (χ0) is 109. The Kier molecular flexibility index (Phi) is 47.8. The van der Waals surface area contributed by atoms with Crippen LogP contribution in [-0.4, -0.2) is 133 Å². The Morgan fingerprint density at radius 1 is 0.324 bits per heavy atom. The molecule has 0 saturated heterocycles. The second-order valence-corrected chi connectivity index (χ2v) is 40.1. The van der Waals surface area contributed by atoms with Crippen LogP contribution in [0.15, 0.2) is 212 Å². The van der Waals surface area contributed by atoms with Crippen LogP contribution in [0.2, 0.25) is 60.3 Å². The first kappa shape index (κ1) is 121. The molecule has 0 bridgehead atoms. The highest BCUT2D eigenvalue weighted by Crippen LogP contribution is 2.37. The lowest BCUT2D eigenvalue weighted by molar-refractivity contribution is 0.0913. The highest BCUT2D eigenvalue weighted by Gasteiger charge is 2.34. The summed E-state index contributed by atoms with van der Waals surface area (Å²) in [5.74, 6) is -4.69. The van der Waals surface area contributed by atoms with Crippen molar-refractivity contribution in [3.8, 4) is 34.5 Å². The van der Waals surface area contributed by atoms with Crippen LogP contribution in [0.3, 0.4) is 0 Å². The number of halogens is 12. The fourth-order valence-electron chi connectivity index (χ4n) is 14.7. The summed E-state index contributed by atoms with van der Waals surface area (Å²) in [6.45, 7) is 8.70. The molecule has 0 aliphatic heterocycles. The lowest BCUT2D eigenvalue weighted by Crippen LogP contribution is -2.39. The van der Waals surface area contributed by atoms with Crippen molar-refractivity contribution >= 4 is 175 Å². The molecule has 6 aromatic heterocycles. The molecule has 6 amide bonds. The number of nitrogens with zero attached hydrogens (tertiary/aromatic N) is 6. The van der Waals surface area contributed by atoms with Crippen LogP contribution in [0.4, 0.5) is 0 Å². The summed E-state index contributed by atoms with van der Waals surface area (Å²) >= 11 is 71.4.